The fourth-order valence-electron chi connectivity index (χ4n) is 1.20. The maximum atomic E-state index is 8.98. The van der Waals surface area contributed by atoms with Crippen LogP contribution in [-0.2, 0) is 4.74 Å². The Kier molecular flexibility index (Phi) is 1.36. The predicted molar refractivity (Wildman–Crippen MR) is 41.4 cm³/mol. The van der Waals surface area contributed by atoms with Gasteiger partial charge < -0.3 is 9.84 Å². The van der Waals surface area contributed by atoms with Gasteiger partial charge in [0.1, 0.15) is 11.9 Å². The molecule has 1 N–H and O–H groups in total. The van der Waals surface area contributed by atoms with Crippen LogP contribution in [0, 0.1) is 0 Å². The molecule has 0 aromatic heterocycles. The first-order valence-corrected chi connectivity index (χ1v) is 3.72. The van der Waals surface area contributed by atoms with E-state index in [1.807, 2.05) is 19.1 Å². The lowest BCUT2D eigenvalue weighted by molar-refractivity contribution is 0.383. The molecular weight excluding hydrogens is 140 g/mol. The standard InChI is InChI=1S/C9H10O2/c1-6-9(11-6)7-2-4-8(10)5-3-7/h2-6,9-10H,1H3/t6-,9-/m1/s1. The van der Waals surface area contributed by atoms with Gasteiger partial charge in [-0.05, 0) is 24.6 Å². The van der Waals surface area contributed by atoms with Gasteiger partial charge in [0.25, 0.3) is 0 Å². The first-order valence-electron chi connectivity index (χ1n) is 3.72. The van der Waals surface area contributed by atoms with Gasteiger partial charge in [0.15, 0.2) is 0 Å². The van der Waals surface area contributed by atoms with E-state index in [1.54, 1.807) is 12.1 Å². The highest BCUT2D eigenvalue weighted by Gasteiger charge is 2.35. The molecular formula is C9H10O2. The molecule has 0 amide bonds. The summed E-state index contributed by atoms with van der Waals surface area (Å²) in [6.07, 6.45) is 0.607. The second-order valence-electron chi connectivity index (χ2n) is 2.85. The number of phenolic OH excluding ortho intramolecular Hbond substituents is 1. The zero-order chi connectivity index (χ0) is 7.84. The van der Waals surface area contributed by atoms with Crippen molar-refractivity contribution >= 4 is 0 Å². The molecule has 1 heterocycles. The van der Waals surface area contributed by atoms with Crippen LogP contribution in [0.25, 0.3) is 0 Å². The quantitative estimate of drug-likeness (QED) is 0.620. The van der Waals surface area contributed by atoms with Crippen LogP contribution in [-0.4, -0.2) is 11.2 Å². The molecule has 0 aliphatic carbocycles. The molecule has 1 aromatic rings. The summed E-state index contributed by atoms with van der Waals surface area (Å²) in [6.45, 7) is 2.04. The van der Waals surface area contributed by atoms with Crippen LogP contribution in [0.2, 0.25) is 0 Å². The molecule has 0 saturated carbocycles. The van der Waals surface area contributed by atoms with Gasteiger partial charge in [-0.2, -0.15) is 0 Å². The molecule has 1 aromatic carbocycles. The summed E-state index contributed by atoms with van der Waals surface area (Å²) in [5, 5.41) is 8.98. The van der Waals surface area contributed by atoms with E-state index in [0.29, 0.717) is 11.9 Å². The second kappa shape index (κ2) is 2.24. The lowest BCUT2D eigenvalue weighted by atomic mass is 10.1. The van der Waals surface area contributed by atoms with Crippen LogP contribution in [0.3, 0.4) is 0 Å². The molecule has 1 fully saturated rings. The van der Waals surface area contributed by atoms with Gasteiger partial charge in [-0.15, -0.1) is 0 Å². The summed E-state index contributed by atoms with van der Waals surface area (Å²) in [4.78, 5) is 0. The monoisotopic (exact) mass is 150 g/mol. The highest BCUT2D eigenvalue weighted by Crippen LogP contribution is 2.38. The average Bonchev–Trinajstić information content (AvgIpc) is 2.69. The van der Waals surface area contributed by atoms with E-state index in [-0.39, 0.29) is 6.10 Å². The lowest BCUT2D eigenvalue weighted by Crippen LogP contribution is -1.81. The highest BCUT2D eigenvalue weighted by molar-refractivity contribution is 5.29. The van der Waals surface area contributed by atoms with Crippen molar-refractivity contribution in [3.05, 3.63) is 29.8 Å². The third-order valence-electron chi connectivity index (χ3n) is 1.93. The summed E-state index contributed by atoms with van der Waals surface area (Å²) in [5.74, 6) is 0.307. The number of epoxide rings is 1. The first kappa shape index (κ1) is 6.68. The number of benzene rings is 1. The van der Waals surface area contributed by atoms with Crippen molar-refractivity contribution in [1.29, 1.82) is 0 Å². The zero-order valence-electron chi connectivity index (χ0n) is 6.32. The lowest BCUT2D eigenvalue weighted by Gasteiger charge is -1.94. The van der Waals surface area contributed by atoms with Crippen molar-refractivity contribution in [3.63, 3.8) is 0 Å². The number of ether oxygens (including phenoxy) is 1. The number of aromatic hydroxyl groups is 1. The van der Waals surface area contributed by atoms with Crippen molar-refractivity contribution in [3.8, 4) is 5.75 Å². The van der Waals surface area contributed by atoms with Crippen LogP contribution >= 0.6 is 0 Å². The Bertz CT molecular complexity index is 253. The minimum Gasteiger partial charge on any atom is -0.508 e. The van der Waals surface area contributed by atoms with E-state index < -0.39 is 0 Å². The van der Waals surface area contributed by atoms with Crippen LogP contribution in [0.1, 0.15) is 18.6 Å². The maximum Gasteiger partial charge on any atom is 0.115 e. The number of hydrogen-bond donors (Lipinski definition) is 1. The first-order chi connectivity index (χ1) is 5.27. The van der Waals surface area contributed by atoms with Gasteiger partial charge in [-0.25, -0.2) is 0 Å². The molecule has 2 rings (SSSR count). The van der Waals surface area contributed by atoms with E-state index in [4.69, 9.17) is 9.84 Å². The number of rotatable bonds is 1. The third kappa shape index (κ3) is 1.21. The van der Waals surface area contributed by atoms with Gasteiger partial charge in [-0.1, -0.05) is 12.1 Å². The van der Waals surface area contributed by atoms with E-state index >= 15 is 0 Å². The maximum absolute atomic E-state index is 8.98. The van der Waals surface area contributed by atoms with Gasteiger partial charge in [0.05, 0.1) is 6.10 Å². The van der Waals surface area contributed by atoms with E-state index in [0.717, 1.165) is 5.56 Å². The van der Waals surface area contributed by atoms with Crippen molar-refractivity contribution in [2.24, 2.45) is 0 Å². The molecule has 58 valence electrons. The van der Waals surface area contributed by atoms with Crippen molar-refractivity contribution in [1.82, 2.24) is 0 Å². The van der Waals surface area contributed by atoms with Crippen LogP contribution < -0.4 is 0 Å². The van der Waals surface area contributed by atoms with Gasteiger partial charge in [0, 0.05) is 0 Å². The Morgan fingerprint density at radius 1 is 1.27 bits per heavy atom. The fourth-order valence-corrected chi connectivity index (χ4v) is 1.20. The minimum atomic E-state index is 0.260. The Balaban J connectivity index is 2.21. The summed E-state index contributed by atoms with van der Waals surface area (Å²) in [7, 11) is 0. The smallest absolute Gasteiger partial charge is 0.115 e. The van der Waals surface area contributed by atoms with Gasteiger partial charge in [-0.3, -0.25) is 0 Å². The molecule has 2 nitrogen and oxygen atoms in total. The summed E-state index contributed by atoms with van der Waals surface area (Å²) in [5.41, 5.74) is 1.15. The summed E-state index contributed by atoms with van der Waals surface area (Å²) < 4.78 is 5.26. The number of phenols is 1. The predicted octanol–water partition coefficient (Wildman–Crippen LogP) is 1.85. The van der Waals surface area contributed by atoms with Crippen LogP contribution in [0.15, 0.2) is 24.3 Å². The van der Waals surface area contributed by atoms with Gasteiger partial charge in [0.2, 0.25) is 0 Å². The van der Waals surface area contributed by atoms with Crippen molar-refractivity contribution in [2.75, 3.05) is 0 Å². The molecule has 0 spiro atoms. The molecule has 2 heteroatoms. The molecule has 2 atom stereocenters. The summed E-state index contributed by atoms with van der Waals surface area (Å²) in [6, 6.07) is 7.15. The average molecular weight is 150 g/mol. The highest BCUT2D eigenvalue weighted by atomic mass is 16.6. The summed E-state index contributed by atoms with van der Waals surface area (Å²) >= 11 is 0. The van der Waals surface area contributed by atoms with E-state index in [9.17, 15) is 0 Å². The van der Waals surface area contributed by atoms with Crippen molar-refractivity contribution in [2.45, 2.75) is 19.1 Å². The normalized spacial score (nSPS) is 28.5. The van der Waals surface area contributed by atoms with Crippen LogP contribution in [0.5, 0.6) is 5.75 Å². The van der Waals surface area contributed by atoms with E-state index in [2.05, 4.69) is 0 Å². The molecule has 0 bridgehead atoms. The SMILES string of the molecule is C[C@H]1O[C@H]1c1ccc(O)cc1. The Morgan fingerprint density at radius 2 is 1.82 bits per heavy atom. The van der Waals surface area contributed by atoms with Crippen molar-refractivity contribution < 1.29 is 9.84 Å². The largest absolute Gasteiger partial charge is 0.508 e. The molecule has 11 heavy (non-hydrogen) atoms. The fraction of sp³-hybridized carbons (Fsp3) is 0.333. The minimum absolute atomic E-state index is 0.260. The molecule has 0 unspecified atom stereocenters. The Labute approximate surface area is 65.4 Å². The Hall–Kier alpha value is -1.02. The zero-order valence-corrected chi connectivity index (χ0v) is 6.32. The molecule has 0 radical (unpaired) electrons. The molecule has 1 aliphatic heterocycles. The topological polar surface area (TPSA) is 32.8 Å². The van der Waals surface area contributed by atoms with E-state index in [1.165, 1.54) is 0 Å². The molecule has 1 saturated heterocycles. The van der Waals surface area contributed by atoms with Gasteiger partial charge >= 0.3 is 0 Å². The van der Waals surface area contributed by atoms with Crippen LogP contribution in [0.4, 0.5) is 0 Å². The third-order valence-corrected chi connectivity index (χ3v) is 1.93. The second-order valence-corrected chi connectivity index (χ2v) is 2.85. The number of hydrogen-bond acceptors (Lipinski definition) is 2. The molecule has 1 aliphatic rings. The Morgan fingerprint density at radius 3 is 2.27 bits per heavy atom.